The van der Waals surface area contributed by atoms with Crippen molar-refractivity contribution in [2.45, 2.75) is 36.7 Å². The molecule has 0 atom stereocenters. The summed E-state index contributed by atoms with van der Waals surface area (Å²) < 4.78 is 26.8. The van der Waals surface area contributed by atoms with Gasteiger partial charge in [-0.2, -0.15) is 5.26 Å². The van der Waals surface area contributed by atoms with Crippen LogP contribution in [0.15, 0.2) is 29.2 Å². The van der Waals surface area contributed by atoms with E-state index in [9.17, 15) is 13.5 Å². The van der Waals surface area contributed by atoms with Gasteiger partial charge < -0.3 is 5.11 Å². The van der Waals surface area contributed by atoms with E-state index in [0.29, 0.717) is 12.1 Å². The number of nitriles is 1. The summed E-state index contributed by atoms with van der Waals surface area (Å²) in [5, 5.41) is 18.1. The van der Waals surface area contributed by atoms with Crippen LogP contribution in [-0.4, -0.2) is 26.2 Å². The lowest BCUT2D eigenvalue weighted by atomic mass is 9.88. The van der Waals surface area contributed by atoms with E-state index in [1.807, 2.05) is 6.07 Å². The summed E-state index contributed by atoms with van der Waals surface area (Å²) in [7, 11) is -3.52. The van der Waals surface area contributed by atoms with Crippen molar-refractivity contribution in [1.82, 2.24) is 4.72 Å². The van der Waals surface area contributed by atoms with Gasteiger partial charge in [-0.3, -0.25) is 0 Å². The Balaban J connectivity index is 1.95. The zero-order valence-electron chi connectivity index (χ0n) is 11.1. The highest BCUT2D eigenvalue weighted by Gasteiger charge is 2.21. The van der Waals surface area contributed by atoms with Crippen LogP contribution in [0.4, 0.5) is 0 Å². The molecule has 0 aromatic heterocycles. The van der Waals surface area contributed by atoms with Gasteiger partial charge >= 0.3 is 0 Å². The molecule has 2 rings (SSSR count). The lowest BCUT2D eigenvalue weighted by molar-refractivity contribution is 0.109. The maximum absolute atomic E-state index is 12.1. The molecule has 5 nitrogen and oxygen atoms in total. The van der Waals surface area contributed by atoms with E-state index in [4.69, 9.17) is 5.26 Å². The Labute approximate surface area is 119 Å². The quantitative estimate of drug-likeness (QED) is 0.878. The average Bonchev–Trinajstić information content (AvgIpc) is 2.47. The molecule has 0 unspecified atom stereocenters. The van der Waals surface area contributed by atoms with E-state index >= 15 is 0 Å². The summed E-state index contributed by atoms with van der Waals surface area (Å²) in [4.78, 5) is 0.173. The van der Waals surface area contributed by atoms with Crippen LogP contribution in [0.3, 0.4) is 0 Å². The van der Waals surface area contributed by atoms with Crippen molar-refractivity contribution in [1.29, 1.82) is 5.26 Å². The monoisotopic (exact) mass is 294 g/mol. The highest BCUT2D eigenvalue weighted by molar-refractivity contribution is 7.89. The molecular weight excluding hydrogens is 276 g/mol. The normalized spacial score (nSPS) is 23.2. The number of hydrogen-bond acceptors (Lipinski definition) is 4. The largest absolute Gasteiger partial charge is 0.393 e. The van der Waals surface area contributed by atoms with Gasteiger partial charge in [-0.25, -0.2) is 13.1 Å². The maximum atomic E-state index is 12.1. The third-order valence-corrected chi connectivity index (χ3v) is 5.11. The molecule has 1 aromatic rings. The zero-order chi connectivity index (χ0) is 14.6. The number of nitrogens with one attached hydrogen (secondary N) is 1. The molecular formula is C14H18N2O3S. The first-order chi connectivity index (χ1) is 9.51. The van der Waals surface area contributed by atoms with Crippen LogP contribution in [0.2, 0.25) is 0 Å². The molecule has 0 saturated heterocycles. The van der Waals surface area contributed by atoms with Crippen molar-refractivity contribution in [3.63, 3.8) is 0 Å². The Morgan fingerprint density at radius 1 is 1.20 bits per heavy atom. The Kier molecular flexibility index (Phi) is 4.76. The highest BCUT2D eigenvalue weighted by atomic mass is 32.2. The zero-order valence-corrected chi connectivity index (χ0v) is 11.9. The van der Waals surface area contributed by atoms with Gasteiger partial charge in [0.25, 0.3) is 0 Å². The van der Waals surface area contributed by atoms with E-state index in [0.717, 1.165) is 25.7 Å². The van der Waals surface area contributed by atoms with Crippen molar-refractivity contribution in [2.24, 2.45) is 5.92 Å². The summed E-state index contributed by atoms with van der Waals surface area (Å²) in [5.41, 5.74) is 0.435. The molecule has 0 heterocycles. The first-order valence-electron chi connectivity index (χ1n) is 6.69. The fourth-order valence-electron chi connectivity index (χ4n) is 2.37. The second kappa shape index (κ2) is 6.35. The third kappa shape index (κ3) is 3.79. The fourth-order valence-corrected chi connectivity index (χ4v) is 3.48. The number of nitrogens with zero attached hydrogens (tertiary/aromatic N) is 1. The topological polar surface area (TPSA) is 90.2 Å². The Morgan fingerprint density at radius 3 is 2.35 bits per heavy atom. The van der Waals surface area contributed by atoms with Crippen LogP contribution >= 0.6 is 0 Å². The summed E-state index contributed by atoms with van der Waals surface area (Å²) in [6, 6.07) is 7.81. The van der Waals surface area contributed by atoms with Crippen molar-refractivity contribution in [3.8, 4) is 6.07 Å². The average molecular weight is 294 g/mol. The van der Waals surface area contributed by atoms with Gasteiger partial charge in [-0.15, -0.1) is 0 Å². The van der Waals surface area contributed by atoms with Gasteiger partial charge in [-0.05, 0) is 55.9 Å². The molecule has 0 radical (unpaired) electrons. The summed E-state index contributed by atoms with van der Waals surface area (Å²) >= 11 is 0. The van der Waals surface area contributed by atoms with Gasteiger partial charge in [0.05, 0.1) is 22.6 Å². The van der Waals surface area contributed by atoms with E-state index in [2.05, 4.69) is 4.72 Å². The molecule has 1 fully saturated rings. The molecule has 6 heteroatoms. The second-order valence-electron chi connectivity index (χ2n) is 5.16. The van der Waals surface area contributed by atoms with Crippen LogP contribution in [0.5, 0.6) is 0 Å². The number of rotatable bonds is 4. The van der Waals surface area contributed by atoms with Crippen molar-refractivity contribution in [2.75, 3.05) is 6.54 Å². The molecule has 0 bridgehead atoms. The smallest absolute Gasteiger partial charge is 0.240 e. The molecule has 108 valence electrons. The van der Waals surface area contributed by atoms with Gasteiger partial charge in [0.1, 0.15) is 0 Å². The summed E-state index contributed by atoms with van der Waals surface area (Å²) in [6.45, 7) is 0.398. The van der Waals surface area contributed by atoms with Crippen LogP contribution in [-0.2, 0) is 10.0 Å². The molecule has 1 aliphatic carbocycles. The molecule has 0 aliphatic heterocycles. The molecule has 0 amide bonds. The van der Waals surface area contributed by atoms with Gasteiger partial charge in [0, 0.05) is 6.54 Å². The molecule has 1 saturated carbocycles. The van der Waals surface area contributed by atoms with E-state index in [1.165, 1.54) is 24.3 Å². The molecule has 0 spiro atoms. The maximum Gasteiger partial charge on any atom is 0.240 e. The van der Waals surface area contributed by atoms with Crippen LogP contribution in [0.1, 0.15) is 31.2 Å². The molecule has 20 heavy (non-hydrogen) atoms. The van der Waals surface area contributed by atoms with Gasteiger partial charge in [-0.1, -0.05) is 0 Å². The number of aliphatic hydroxyl groups is 1. The van der Waals surface area contributed by atoms with E-state index in [1.54, 1.807) is 0 Å². The van der Waals surface area contributed by atoms with Crippen molar-refractivity contribution < 1.29 is 13.5 Å². The second-order valence-corrected chi connectivity index (χ2v) is 6.93. The van der Waals surface area contributed by atoms with Crippen LogP contribution < -0.4 is 4.72 Å². The minimum Gasteiger partial charge on any atom is -0.393 e. The summed E-state index contributed by atoms with van der Waals surface area (Å²) in [6.07, 6.45) is 2.93. The standard InChI is InChI=1S/C14H18N2O3S/c15-9-11-3-7-14(8-4-11)20(18,19)16-10-12-1-5-13(17)6-2-12/h3-4,7-8,12-13,16-17H,1-2,5-6,10H2. The third-order valence-electron chi connectivity index (χ3n) is 3.67. The van der Waals surface area contributed by atoms with Crippen LogP contribution in [0, 0.1) is 17.2 Å². The number of sulfonamides is 1. The first-order valence-corrected chi connectivity index (χ1v) is 8.17. The SMILES string of the molecule is N#Cc1ccc(S(=O)(=O)NCC2CCC(O)CC2)cc1. The minimum absolute atomic E-state index is 0.173. The van der Waals surface area contributed by atoms with Crippen molar-refractivity contribution >= 4 is 10.0 Å². The lowest BCUT2D eigenvalue weighted by Gasteiger charge is -2.25. The Morgan fingerprint density at radius 2 is 1.80 bits per heavy atom. The van der Waals surface area contributed by atoms with Crippen molar-refractivity contribution in [3.05, 3.63) is 29.8 Å². The van der Waals surface area contributed by atoms with E-state index in [-0.39, 0.29) is 16.9 Å². The van der Waals surface area contributed by atoms with Crippen LogP contribution in [0.25, 0.3) is 0 Å². The summed E-state index contributed by atoms with van der Waals surface area (Å²) in [5.74, 6) is 0.284. The molecule has 1 aromatic carbocycles. The van der Waals surface area contributed by atoms with Gasteiger partial charge in [0.2, 0.25) is 10.0 Å². The first kappa shape index (κ1) is 15.0. The molecule has 2 N–H and O–H groups in total. The Hall–Kier alpha value is -1.42. The van der Waals surface area contributed by atoms with Gasteiger partial charge in [0.15, 0.2) is 0 Å². The number of hydrogen-bond donors (Lipinski definition) is 2. The van der Waals surface area contributed by atoms with E-state index < -0.39 is 10.0 Å². The molecule has 1 aliphatic rings. The highest BCUT2D eigenvalue weighted by Crippen LogP contribution is 2.24. The number of aliphatic hydroxyl groups excluding tert-OH is 1. The Bertz CT molecular complexity index is 582. The fraction of sp³-hybridized carbons (Fsp3) is 0.500. The predicted octanol–water partition coefficient (Wildman–Crippen LogP) is 1.39. The predicted molar refractivity (Wildman–Crippen MR) is 74.3 cm³/mol. The minimum atomic E-state index is -3.52. The lowest BCUT2D eigenvalue weighted by Crippen LogP contribution is -2.32. The number of benzene rings is 1.